The first-order valence-electron chi connectivity index (χ1n) is 10.8. The van der Waals surface area contributed by atoms with E-state index in [2.05, 4.69) is 15.0 Å². The third-order valence-electron chi connectivity index (χ3n) is 4.62. The van der Waals surface area contributed by atoms with Crippen molar-refractivity contribution in [1.82, 2.24) is 19.4 Å². The fourth-order valence-electron chi connectivity index (χ4n) is 3.22. The fraction of sp³-hybridized carbons (Fsp3) is 0.375. The van der Waals surface area contributed by atoms with E-state index in [0.29, 0.717) is 51.8 Å². The van der Waals surface area contributed by atoms with Crippen LogP contribution in [0.2, 0.25) is 0 Å². The summed E-state index contributed by atoms with van der Waals surface area (Å²) in [5.41, 5.74) is 1.71. The SMILES string of the molecule is CC.CC.COc1cc2nc(Cc3cn4cc(OC)c(OC)cc4n3)[nH]c(=O)c2cc1OC. The van der Waals surface area contributed by atoms with E-state index in [4.69, 9.17) is 18.9 Å². The molecule has 9 heteroatoms. The van der Waals surface area contributed by atoms with Crippen LogP contribution in [0, 0.1) is 0 Å². The molecule has 1 N–H and O–H groups in total. The largest absolute Gasteiger partial charge is 0.493 e. The number of pyridine rings is 1. The number of nitrogens with one attached hydrogen (secondary N) is 1. The number of aromatic amines is 1. The summed E-state index contributed by atoms with van der Waals surface area (Å²) in [6.07, 6.45) is 4.00. The first-order valence-corrected chi connectivity index (χ1v) is 10.8. The van der Waals surface area contributed by atoms with Gasteiger partial charge in [0.1, 0.15) is 11.5 Å². The van der Waals surface area contributed by atoms with E-state index in [1.807, 2.05) is 38.3 Å². The number of rotatable bonds is 6. The summed E-state index contributed by atoms with van der Waals surface area (Å²) in [4.78, 5) is 24.5. The number of H-pyrrole nitrogens is 1. The topological polar surface area (TPSA) is 100.0 Å². The van der Waals surface area contributed by atoms with Crippen LogP contribution in [0.5, 0.6) is 23.0 Å². The molecule has 0 unspecified atom stereocenters. The molecule has 0 aliphatic carbocycles. The van der Waals surface area contributed by atoms with Crippen LogP contribution >= 0.6 is 0 Å². The first-order chi connectivity index (χ1) is 16.1. The zero-order chi connectivity index (χ0) is 24.5. The maximum Gasteiger partial charge on any atom is 0.258 e. The number of imidazole rings is 1. The molecular weight excluding hydrogens is 424 g/mol. The molecule has 9 nitrogen and oxygen atoms in total. The van der Waals surface area contributed by atoms with Crippen LogP contribution in [0.25, 0.3) is 16.6 Å². The summed E-state index contributed by atoms with van der Waals surface area (Å²) < 4.78 is 23.0. The fourth-order valence-corrected chi connectivity index (χ4v) is 3.22. The third kappa shape index (κ3) is 5.36. The van der Waals surface area contributed by atoms with Gasteiger partial charge in [0.2, 0.25) is 0 Å². The van der Waals surface area contributed by atoms with Crippen molar-refractivity contribution in [2.75, 3.05) is 28.4 Å². The predicted molar refractivity (Wildman–Crippen MR) is 129 cm³/mol. The number of fused-ring (bicyclic) bond motifs is 2. The Morgan fingerprint density at radius 3 is 1.97 bits per heavy atom. The zero-order valence-electron chi connectivity index (χ0n) is 20.5. The second-order valence-corrected chi connectivity index (χ2v) is 6.32. The molecule has 0 atom stereocenters. The molecule has 0 aliphatic heterocycles. The maximum atomic E-state index is 12.5. The summed E-state index contributed by atoms with van der Waals surface area (Å²) in [5, 5.41) is 0.427. The van der Waals surface area contributed by atoms with Gasteiger partial charge in [-0.05, 0) is 6.07 Å². The van der Waals surface area contributed by atoms with Crippen LogP contribution in [0.4, 0.5) is 0 Å². The Bertz CT molecular complexity index is 1220. The molecule has 0 aliphatic rings. The lowest BCUT2D eigenvalue weighted by Crippen LogP contribution is -2.12. The Hall–Kier alpha value is -3.75. The molecule has 178 valence electrons. The highest BCUT2D eigenvalue weighted by molar-refractivity contribution is 5.81. The van der Waals surface area contributed by atoms with Gasteiger partial charge in [0.15, 0.2) is 23.0 Å². The van der Waals surface area contributed by atoms with Crippen LogP contribution < -0.4 is 24.5 Å². The van der Waals surface area contributed by atoms with E-state index in [9.17, 15) is 4.79 Å². The first kappa shape index (κ1) is 25.5. The summed E-state index contributed by atoms with van der Waals surface area (Å²) in [5.74, 6) is 2.67. The highest BCUT2D eigenvalue weighted by atomic mass is 16.5. The Morgan fingerprint density at radius 1 is 0.788 bits per heavy atom. The molecule has 0 spiro atoms. The van der Waals surface area contributed by atoms with E-state index < -0.39 is 0 Å². The molecule has 0 amide bonds. The minimum Gasteiger partial charge on any atom is -0.493 e. The smallest absolute Gasteiger partial charge is 0.258 e. The van der Waals surface area contributed by atoms with Crippen molar-refractivity contribution in [1.29, 1.82) is 0 Å². The molecule has 1 aromatic carbocycles. The Morgan fingerprint density at radius 2 is 1.36 bits per heavy atom. The number of hydrogen-bond acceptors (Lipinski definition) is 7. The number of methoxy groups -OCH3 is 4. The molecule has 0 fully saturated rings. The van der Waals surface area contributed by atoms with E-state index in [0.717, 1.165) is 5.69 Å². The van der Waals surface area contributed by atoms with Crippen LogP contribution in [0.15, 0.2) is 35.4 Å². The van der Waals surface area contributed by atoms with Gasteiger partial charge < -0.3 is 28.3 Å². The van der Waals surface area contributed by atoms with E-state index in [1.54, 1.807) is 38.6 Å². The number of ether oxygens (including phenoxy) is 4. The quantitative estimate of drug-likeness (QED) is 0.463. The summed E-state index contributed by atoms with van der Waals surface area (Å²) in [7, 11) is 6.21. The summed E-state index contributed by atoms with van der Waals surface area (Å²) in [6, 6.07) is 5.09. The predicted octanol–water partition coefficient (Wildman–Crippen LogP) is 4.25. The van der Waals surface area contributed by atoms with Gasteiger partial charge in [-0.2, -0.15) is 0 Å². The minimum absolute atomic E-state index is 0.252. The van der Waals surface area contributed by atoms with Crippen molar-refractivity contribution in [2.45, 2.75) is 34.1 Å². The van der Waals surface area contributed by atoms with Gasteiger partial charge in [-0.15, -0.1) is 0 Å². The average Bonchev–Trinajstić information content (AvgIpc) is 3.25. The van der Waals surface area contributed by atoms with Gasteiger partial charge in [0, 0.05) is 24.8 Å². The Labute approximate surface area is 193 Å². The lowest BCUT2D eigenvalue weighted by atomic mass is 10.2. The normalized spacial score (nSPS) is 10.1. The third-order valence-corrected chi connectivity index (χ3v) is 4.62. The van der Waals surface area contributed by atoms with Crippen LogP contribution in [0.3, 0.4) is 0 Å². The van der Waals surface area contributed by atoms with Gasteiger partial charge in [0.25, 0.3) is 5.56 Å². The second-order valence-electron chi connectivity index (χ2n) is 6.32. The molecular formula is C24H32N4O5. The average molecular weight is 457 g/mol. The van der Waals surface area contributed by atoms with Crippen molar-refractivity contribution in [3.63, 3.8) is 0 Å². The highest BCUT2D eigenvalue weighted by Crippen LogP contribution is 2.30. The van der Waals surface area contributed by atoms with Crippen molar-refractivity contribution in [3.8, 4) is 23.0 Å². The molecule has 4 aromatic rings. The van der Waals surface area contributed by atoms with Crippen molar-refractivity contribution >= 4 is 16.6 Å². The number of benzene rings is 1. The van der Waals surface area contributed by atoms with Crippen LogP contribution in [0.1, 0.15) is 39.2 Å². The van der Waals surface area contributed by atoms with Crippen molar-refractivity contribution in [3.05, 3.63) is 52.5 Å². The van der Waals surface area contributed by atoms with Gasteiger partial charge in [-0.25, -0.2) is 9.97 Å². The van der Waals surface area contributed by atoms with Crippen molar-refractivity contribution < 1.29 is 18.9 Å². The molecule has 4 rings (SSSR count). The van der Waals surface area contributed by atoms with Gasteiger partial charge in [-0.3, -0.25) is 4.79 Å². The number of aromatic nitrogens is 4. The Kier molecular flexibility index (Phi) is 9.08. The molecule has 3 heterocycles. The monoisotopic (exact) mass is 456 g/mol. The van der Waals surface area contributed by atoms with E-state index in [1.165, 1.54) is 14.2 Å². The van der Waals surface area contributed by atoms with Gasteiger partial charge >= 0.3 is 0 Å². The van der Waals surface area contributed by atoms with Gasteiger partial charge in [0.05, 0.1) is 51.2 Å². The van der Waals surface area contributed by atoms with Crippen LogP contribution in [-0.4, -0.2) is 47.8 Å². The highest BCUT2D eigenvalue weighted by Gasteiger charge is 2.13. The zero-order valence-corrected chi connectivity index (χ0v) is 20.5. The molecule has 0 saturated heterocycles. The maximum absolute atomic E-state index is 12.5. The number of nitrogens with zero attached hydrogens (tertiary/aromatic N) is 3. The van der Waals surface area contributed by atoms with E-state index in [-0.39, 0.29) is 5.56 Å². The van der Waals surface area contributed by atoms with Crippen molar-refractivity contribution in [2.24, 2.45) is 0 Å². The standard InChI is InChI=1S/C20H20N4O5.2C2H6/c1-26-14-6-12-13(7-15(14)27-2)22-18(23-20(12)25)5-11-9-24-10-17(29-4)16(28-3)8-19(24)21-11;2*1-2/h6-10H,5H2,1-4H3,(H,22,23,25);2*1-2H3. The molecule has 0 bridgehead atoms. The minimum atomic E-state index is -0.252. The lowest BCUT2D eigenvalue weighted by Gasteiger charge is -2.09. The van der Waals surface area contributed by atoms with E-state index >= 15 is 0 Å². The summed E-state index contributed by atoms with van der Waals surface area (Å²) >= 11 is 0. The number of hydrogen-bond donors (Lipinski definition) is 1. The second kappa shape index (κ2) is 11.8. The molecule has 33 heavy (non-hydrogen) atoms. The molecule has 0 radical (unpaired) electrons. The molecule has 0 saturated carbocycles. The van der Waals surface area contributed by atoms with Crippen LogP contribution in [-0.2, 0) is 6.42 Å². The van der Waals surface area contributed by atoms with Gasteiger partial charge in [-0.1, -0.05) is 27.7 Å². The Balaban J connectivity index is 0.000000914. The lowest BCUT2D eigenvalue weighted by molar-refractivity contribution is 0.353. The molecule has 3 aromatic heterocycles. The summed E-state index contributed by atoms with van der Waals surface area (Å²) in [6.45, 7) is 8.00.